The Labute approximate surface area is 124 Å². The third-order valence-electron chi connectivity index (χ3n) is 4.06. The first-order chi connectivity index (χ1) is 10.1. The van der Waals surface area contributed by atoms with Crippen molar-refractivity contribution in [3.8, 4) is 0 Å². The maximum atomic E-state index is 13.8. The molecule has 1 N–H and O–H groups in total. The van der Waals surface area contributed by atoms with E-state index in [0.717, 1.165) is 25.1 Å². The van der Waals surface area contributed by atoms with Crippen LogP contribution < -0.4 is 5.32 Å². The summed E-state index contributed by atoms with van der Waals surface area (Å²) < 4.78 is 23.4. The summed E-state index contributed by atoms with van der Waals surface area (Å²) in [7, 11) is 2.96. The molecule has 0 atom stereocenters. The second kappa shape index (κ2) is 7.00. The quantitative estimate of drug-likeness (QED) is 0.749. The Morgan fingerprint density at radius 1 is 1.38 bits per heavy atom. The van der Waals surface area contributed by atoms with Crippen LogP contribution in [-0.4, -0.2) is 33.3 Å². The summed E-state index contributed by atoms with van der Waals surface area (Å²) in [4.78, 5) is 11.3. The fourth-order valence-corrected chi connectivity index (χ4v) is 2.43. The monoisotopic (exact) mass is 295 g/mol. The molecule has 1 aromatic rings. The predicted molar refractivity (Wildman–Crippen MR) is 77.6 cm³/mol. The van der Waals surface area contributed by atoms with Gasteiger partial charge in [0.05, 0.1) is 12.7 Å². The van der Waals surface area contributed by atoms with E-state index in [0.29, 0.717) is 12.0 Å². The van der Waals surface area contributed by atoms with Crippen LogP contribution in [0.1, 0.15) is 35.2 Å². The normalized spacial score (nSPS) is 15.8. The van der Waals surface area contributed by atoms with Gasteiger partial charge in [-0.2, -0.15) is 0 Å². The molecule has 1 aliphatic carbocycles. The van der Waals surface area contributed by atoms with Gasteiger partial charge >= 0.3 is 5.97 Å². The van der Waals surface area contributed by atoms with Crippen molar-refractivity contribution in [2.45, 2.75) is 25.8 Å². The van der Waals surface area contributed by atoms with Gasteiger partial charge in [0.2, 0.25) is 0 Å². The lowest BCUT2D eigenvalue weighted by atomic mass is 10.0. The summed E-state index contributed by atoms with van der Waals surface area (Å²) in [5.41, 5.74) is 1.16. The molecule has 116 valence electrons. The smallest absolute Gasteiger partial charge is 0.340 e. The molecule has 1 aromatic carbocycles. The Balaban J connectivity index is 1.84. The van der Waals surface area contributed by atoms with E-state index in [2.05, 4.69) is 10.1 Å². The second-order valence-electron chi connectivity index (χ2n) is 5.65. The average molecular weight is 295 g/mol. The molecule has 1 saturated carbocycles. The molecule has 0 unspecified atom stereocenters. The molecule has 0 saturated heterocycles. The number of methoxy groups -OCH3 is 2. The topological polar surface area (TPSA) is 47.6 Å². The molecule has 21 heavy (non-hydrogen) atoms. The average Bonchev–Trinajstić information content (AvgIpc) is 3.25. The first-order valence-corrected chi connectivity index (χ1v) is 7.17. The molecule has 1 aliphatic rings. The van der Waals surface area contributed by atoms with Gasteiger partial charge in [0.25, 0.3) is 0 Å². The maximum Gasteiger partial charge on any atom is 0.340 e. The van der Waals surface area contributed by atoms with Crippen molar-refractivity contribution in [1.82, 2.24) is 5.32 Å². The molecule has 1 fully saturated rings. The van der Waals surface area contributed by atoms with Crippen LogP contribution in [0.2, 0.25) is 0 Å². The summed E-state index contributed by atoms with van der Waals surface area (Å²) in [6, 6.07) is 4.60. The molecule has 0 amide bonds. The number of rotatable bonds is 8. The van der Waals surface area contributed by atoms with Gasteiger partial charge in [0.1, 0.15) is 5.82 Å². The van der Waals surface area contributed by atoms with Crippen molar-refractivity contribution >= 4 is 5.97 Å². The lowest BCUT2D eigenvalue weighted by molar-refractivity contribution is 0.0595. The Hall–Kier alpha value is -1.46. The fraction of sp³-hybridized carbons (Fsp3) is 0.562. The van der Waals surface area contributed by atoms with E-state index in [1.54, 1.807) is 13.2 Å². The number of carbonyl (C=O) groups is 1. The molecule has 0 heterocycles. The fourth-order valence-electron chi connectivity index (χ4n) is 2.43. The number of hydrogen-bond donors (Lipinski definition) is 1. The minimum Gasteiger partial charge on any atom is -0.465 e. The minimum absolute atomic E-state index is 0.0278. The molecule has 0 aromatic heterocycles. The first-order valence-electron chi connectivity index (χ1n) is 7.17. The third-order valence-corrected chi connectivity index (χ3v) is 4.06. The van der Waals surface area contributed by atoms with E-state index in [1.165, 1.54) is 32.1 Å². The summed E-state index contributed by atoms with van der Waals surface area (Å²) in [5.74, 6) is -1.19. The zero-order valence-electron chi connectivity index (χ0n) is 12.6. The van der Waals surface area contributed by atoms with Crippen LogP contribution in [0, 0.1) is 11.2 Å². The van der Waals surface area contributed by atoms with Crippen LogP contribution in [0.3, 0.4) is 0 Å². The van der Waals surface area contributed by atoms with Gasteiger partial charge < -0.3 is 14.8 Å². The van der Waals surface area contributed by atoms with Gasteiger partial charge in [-0.15, -0.1) is 0 Å². The summed E-state index contributed by atoms with van der Waals surface area (Å²) in [5, 5.41) is 3.36. The molecule has 0 bridgehead atoms. The zero-order valence-corrected chi connectivity index (χ0v) is 12.6. The van der Waals surface area contributed by atoms with Gasteiger partial charge in [-0.05, 0) is 42.4 Å². The van der Waals surface area contributed by atoms with Crippen LogP contribution in [0.5, 0.6) is 0 Å². The first kappa shape index (κ1) is 15.9. The maximum absolute atomic E-state index is 13.8. The molecular formula is C16H22FNO3. The van der Waals surface area contributed by atoms with Crippen LogP contribution in [0.25, 0.3) is 0 Å². The van der Waals surface area contributed by atoms with Gasteiger partial charge in [-0.3, -0.25) is 0 Å². The summed E-state index contributed by atoms with van der Waals surface area (Å²) >= 11 is 0. The van der Waals surface area contributed by atoms with Crippen LogP contribution in [0.4, 0.5) is 4.39 Å². The van der Waals surface area contributed by atoms with Crippen molar-refractivity contribution in [2.75, 3.05) is 27.4 Å². The van der Waals surface area contributed by atoms with Crippen LogP contribution in [0.15, 0.2) is 18.2 Å². The number of carbonyl (C=O) groups excluding carboxylic acids is 1. The summed E-state index contributed by atoms with van der Waals surface area (Å²) in [6.07, 6.45) is 3.50. The molecular weight excluding hydrogens is 273 g/mol. The highest BCUT2D eigenvalue weighted by atomic mass is 19.1. The van der Waals surface area contributed by atoms with Gasteiger partial charge in [0, 0.05) is 26.8 Å². The van der Waals surface area contributed by atoms with Crippen molar-refractivity contribution in [3.63, 3.8) is 0 Å². The molecule has 0 aliphatic heterocycles. The Morgan fingerprint density at radius 2 is 2.14 bits per heavy atom. The predicted octanol–water partition coefficient (Wildman–Crippen LogP) is 2.52. The number of benzene rings is 1. The lowest BCUT2D eigenvalue weighted by Gasteiger charge is -2.15. The molecule has 0 spiro atoms. The standard InChI is InChI=1S/C16H22FNO3/c1-20-8-7-16(5-6-16)11-18-10-12-3-4-13(14(17)9-12)15(19)21-2/h3-4,9,18H,5-8,10-11H2,1-2H3. The summed E-state index contributed by atoms with van der Waals surface area (Å²) in [6.45, 7) is 2.29. The van der Waals surface area contributed by atoms with Crippen LogP contribution in [-0.2, 0) is 16.0 Å². The van der Waals surface area contributed by atoms with Crippen molar-refractivity contribution < 1.29 is 18.7 Å². The number of ether oxygens (including phenoxy) is 2. The Morgan fingerprint density at radius 3 is 2.71 bits per heavy atom. The Kier molecular flexibility index (Phi) is 5.31. The van der Waals surface area contributed by atoms with Crippen LogP contribution >= 0.6 is 0 Å². The lowest BCUT2D eigenvalue weighted by Crippen LogP contribution is -2.24. The third kappa shape index (κ3) is 4.25. The van der Waals surface area contributed by atoms with Gasteiger partial charge in [-0.1, -0.05) is 6.07 Å². The van der Waals surface area contributed by atoms with E-state index in [4.69, 9.17) is 4.74 Å². The van der Waals surface area contributed by atoms with Crippen molar-refractivity contribution in [1.29, 1.82) is 0 Å². The largest absolute Gasteiger partial charge is 0.465 e. The Bertz CT molecular complexity index is 500. The second-order valence-corrected chi connectivity index (χ2v) is 5.65. The highest BCUT2D eigenvalue weighted by Crippen LogP contribution is 2.48. The van der Waals surface area contributed by atoms with E-state index < -0.39 is 11.8 Å². The number of nitrogens with one attached hydrogen (secondary N) is 1. The number of hydrogen-bond acceptors (Lipinski definition) is 4. The zero-order chi connectivity index (χ0) is 15.3. The highest BCUT2D eigenvalue weighted by Gasteiger charge is 2.41. The number of halogens is 1. The minimum atomic E-state index is -0.650. The van der Waals surface area contributed by atoms with Gasteiger partial charge in [-0.25, -0.2) is 9.18 Å². The van der Waals surface area contributed by atoms with E-state index in [-0.39, 0.29) is 5.56 Å². The van der Waals surface area contributed by atoms with Crippen molar-refractivity contribution in [2.24, 2.45) is 5.41 Å². The highest BCUT2D eigenvalue weighted by molar-refractivity contribution is 5.89. The van der Waals surface area contributed by atoms with Crippen molar-refractivity contribution in [3.05, 3.63) is 35.1 Å². The van der Waals surface area contributed by atoms with E-state index >= 15 is 0 Å². The molecule has 5 heteroatoms. The van der Waals surface area contributed by atoms with Gasteiger partial charge in [0.15, 0.2) is 0 Å². The SMILES string of the molecule is COCCC1(CNCc2ccc(C(=O)OC)c(F)c2)CC1. The van der Waals surface area contributed by atoms with E-state index in [9.17, 15) is 9.18 Å². The molecule has 0 radical (unpaired) electrons. The molecule has 4 nitrogen and oxygen atoms in total. The van der Waals surface area contributed by atoms with E-state index in [1.807, 2.05) is 0 Å². The molecule has 2 rings (SSSR count). The number of esters is 1.